The van der Waals surface area contributed by atoms with E-state index < -0.39 is 5.54 Å². The zero-order chi connectivity index (χ0) is 14.4. The predicted octanol–water partition coefficient (Wildman–Crippen LogP) is 3.99. The first kappa shape index (κ1) is 14.3. The van der Waals surface area contributed by atoms with E-state index in [2.05, 4.69) is 35.2 Å². The van der Waals surface area contributed by atoms with Crippen LogP contribution in [0.4, 0.5) is 0 Å². The van der Waals surface area contributed by atoms with Crippen molar-refractivity contribution in [3.05, 3.63) is 71.8 Å². The summed E-state index contributed by atoms with van der Waals surface area (Å²) < 4.78 is 0. The van der Waals surface area contributed by atoms with Crippen LogP contribution in [0.3, 0.4) is 0 Å². The summed E-state index contributed by atoms with van der Waals surface area (Å²) in [6.07, 6.45) is 0. The number of hydrogen-bond donors (Lipinski definition) is 0. The third-order valence-electron chi connectivity index (χ3n) is 3.50. The van der Waals surface area contributed by atoms with Crippen molar-refractivity contribution < 1.29 is 0 Å². The van der Waals surface area contributed by atoms with Gasteiger partial charge in [0.15, 0.2) is 0 Å². The maximum absolute atomic E-state index is 9.43. The second-order valence-corrected chi connectivity index (χ2v) is 5.50. The molecule has 2 heteroatoms. The first-order chi connectivity index (χ1) is 9.62. The van der Waals surface area contributed by atoms with Crippen molar-refractivity contribution in [2.45, 2.75) is 32.5 Å². The molecule has 0 amide bonds. The molecule has 2 nitrogen and oxygen atoms in total. The van der Waals surface area contributed by atoms with Gasteiger partial charge in [-0.1, -0.05) is 60.7 Å². The minimum absolute atomic E-state index is 0.494. The van der Waals surface area contributed by atoms with Gasteiger partial charge in [-0.05, 0) is 25.0 Å². The van der Waals surface area contributed by atoms with Gasteiger partial charge in [0.25, 0.3) is 0 Å². The van der Waals surface area contributed by atoms with E-state index in [4.69, 9.17) is 0 Å². The molecule has 0 aromatic heterocycles. The van der Waals surface area contributed by atoms with Crippen molar-refractivity contribution in [2.75, 3.05) is 0 Å². The van der Waals surface area contributed by atoms with E-state index in [1.54, 1.807) is 0 Å². The van der Waals surface area contributed by atoms with Crippen molar-refractivity contribution in [3.8, 4) is 6.07 Å². The topological polar surface area (TPSA) is 27.0 Å². The Kier molecular flexibility index (Phi) is 4.55. The molecule has 0 bridgehead atoms. The summed E-state index contributed by atoms with van der Waals surface area (Å²) in [5.74, 6) is 0. The summed E-state index contributed by atoms with van der Waals surface area (Å²) in [5.41, 5.74) is 1.96. The van der Waals surface area contributed by atoms with Gasteiger partial charge in [-0.3, -0.25) is 4.90 Å². The summed E-state index contributed by atoms with van der Waals surface area (Å²) in [5, 5.41) is 9.43. The van der Waals surface area contributed by atoms with Crippen LogP contribution in [-0.2, 0) is 13.1 Å². The smallest absolute Gasteiger partial charge is 0.104 e. The fourth-order valence-electron chi connectivity index (χ4n) is 2.13. The Morgan fingerprint density at radius 2 is 1.25 bits per heavy atom. The highest BCUT2D eigenvalue weighted by Crippen LogP contribution is 2.20. The molecule has 0 saturated carbocycles. The molecule has 0 aliphatic carbocycles. The van der Waals surface area contributed by atoms with Gasteiger partial charge in [-0.2, -0.15) is 5.26 Å². The lowest BCUT2D eigenvalue weighted by atomic mass is 10.0. The van der Waals surface area contributed by atoms with Gasteiger partial charge in [0, 0.05) is 13.1 Å². The summed E-state index contributed by atoms with van der Waals surface area (Å²) in [7, 11) is 0. The summed E-state index contributed by atoms with van der Waals surface area (Å²) >= 11 is 0. The van der Waals surface area contributed by atoms with E-state index in [1.807, 2.05) is 50.2 Å². The minimum atomic E-state index is -0.494. The standard InChI is InChI=1S/C18H20N2/c1-18(2,15-19)20(13-16-9-5-3-6-10-16)14-17-11-7-4-8-12-17/h3-12H,13-14H2,1-2H3. The van der Waals surface area contributed by atoms with Gasteiger partial charge in [-0.25, -0.2) is 0 Å². The van der Waals surface area contributed by atoms with Crippen molar-refractivity contribution in [2.24, 2.45) is 0 Å². The average Bonchev–Trinajstić information content (AvgIpc) is 2.49. The summed E-state index contributed by atoms with van der Waals surface area (Å²) in [6.45, 7) is 5.49. The van der Waals surface area contributed by atoms with Crippen LogP contribution in [0.2, 0.25) is 0 Å². The van der Waals surface area contributed by atoms with E-state index in [-0.39, 0.29) is 0 Å². The molecule has 0 aliphatic rings. The Balaban J connectivity index is 2.20. The van der Waals surface area contributed by atoms with E-state index in [0.717, 1.165) is 13.1 Å². The average molecular weight is 264 g/mol. The van der Waals surface area contributed by atoms with Crippen molar-refractivity contribution in [3.63, 3.8) is 0 Å². The molecule has 20 heavy (non-hydrogen) atoms. The Bertz CT molecular complexity index is 526. The number of nitriles is 1. The first-order valence-electron chi connectivity index (χ1n) is 6.86. The molecule has 0 aliphatic heterocycles. The van der Waals surface area contributed by atoms with Crippen LogP contribution in [0.15, 0.2) is 60.7 Å². The highest BCUT2D eigenvalue weighted by molar-refractivity contribution is 5.19. The quantitative estimate of drug-likeness (QED) is 0.816. The second kappa shape index (κ2) is 6.36. The molecule has 2 rings (SSSR count). The van der Waals surface area contributed by atoms with Crippen LogP contribution in [-0.4, -0.2) is 10.4 Å². The van der Waals surface area contributed by atoms with Gasteiger partial charge in [-0.15, -0.1) is 0 Å². The fourth-order valence-corrected chi connectivity index (χ4v) is 2.13. The molecule has 0 N–H and O–H groups in total. The maximum Gasteiger partial charge on any atom is 0.104 e. The van der Waals surface area contributed by atoms with E-state index >= 15 is 0 Å². The van der Waals surface area contributed by atoms with E-state index in [9.17, 15) is 5.26 Å². The first-order valence-corrected chi connectivity index (χ1v) is 6.86. The van der Waals surface area contributed by atoms with Crippen LogP contribution in [0.5, 0.6) is 0 Å². The number of hydrogen-bond acceptors (Lipinski definition) is 2. The van der Waals surface area contributed by atoms with Crippen LogP contribution < -0.4 is 0 Å². The lowest BCUT2D eigenvalue weighted by Gasteiger charge is -2.33. The van der Waals surface area contributed by atoms with Gasteiger partial charge < -0.3 is 0 Å². The molecular weight excluding hydrogens is 244 g/mol. The lowest BCUT2D eigenvalue weighted by Crippen LogP contribution is -2.41. The molecular formula is C18H20N2. The van der Waals surface area contributed by atoms with Crippen LogP contribution >= 0.6 is 0 Å². The normalized spacial score (nSPS) is 11.3. The Labute approximate surface area is 121 Å². The third kappa shape index (κ3) is 3.69. The number of nitrogens with zero attached hydrogens (tertiary/aromatic N) is 2. The fraction of sp³-hybridized carbons (Fsp3) is 0.278. The van der Waals surface area contributed by atoms with Crippen molar-refractivity contribution in [1.29, 1.82) is 5.26 Å². The molecule has 0 unspecified atom stereocenters. The predicted molar refractivity (Wildman–Crippen MR) is 81.8 cm³/mol. The highest BCUT2D eigenvalue weighted by atomic mass is 15.2. The molecule has 102 valence electrons. The van der Waals surface area contributed by atoms with Crippen molar-refractivity contribution >= 4 is 0 Å². The maximum atomic E-state index is 9.43. The molecule has 0 spiro atoms. The van der Waals surface area contributed by atoms with Crippen molar-refractivity contribution in [1.82, 2.24) is 4.90 Å². The van der Waals surface area contributed by atoms with Gasteiger partial charge >= 0.3 is 0 Å². The van der Waals surface area contributed by atoms with Crippen LogP contribution in [0.25, 0.3) is 0 Å². The highest BCUT2D eigenvalue weighted by Gasteiger charge is 2.26. The summed E-state index contributed by atoms with van der Waals surface area (Å²) in [6, 6.07) is 23.0. The lowest BCUT2D eigenvalue weighted by molar-refractivity contribution is 0.149. The molecule has 0 saturated heterocycles. The molecule has 2 aromatic carbocycles. The number of benzene rings is 2. The Morgan fingerprint density at radius 1 is 0.850 bits per heavy atom. The minimum Gasteiger partial charge on any atom is -0.277 e. The molecule has 0 fully saturated rings. The third-order valence-corrected chi connectivity index (χ3v) is 3.50. The largest absolute Gasteiger partial charge is 0.277 e. The SMILES string of the molecule is CC(C)(C#N)N(Cc1ccccc1)Cc1ccccc1. The Hall–Kier alpha value is -2.11. The monoisotopic (exact) mass is 264 g/mol. The van der Waals surface area contributed by atoms with E-state index in [0.29, 0.717) is 0 Å². The molecule has 0 radical (unpaired) electrons. The second-order valence-electron chi connectivity index (χ2n) is 5.50. The van der Waals surface area contributed by atoms with Gasteiger partial charge in [0.05, 0.1) is 6.07 Å². The molecule has 0 atom stereocenters. The molecule has 0 heterocycles. The van der Waals surface area contributed by atoms with E-state index in [1.165, 1.54) is 11.1 Å². The van der Waals surface area contributed by atoms with Gasteiger partial charge in [0.2, 0.25) is 0 Å². The zero-order valence-corrected chi connectivity index (χ0v) is 12.1. The summed E-state index contributed by atoms with van der Waals surface area (Å²) in [4.78, 5) is 2.21. The van der Waals surface area contributed by atoms with Crippen LogP contribution in [0, 0.1) is 11.3 Å². The molecule has 2 aromatic rings. The Morgan fingerprint density at radius 3 is 1.60 bits per heavy atom. The number of rotatable bonds is 5. The van der Waals surface area contributed by atoms with Gasteiger partial charge in [0.1, 0.15) is 5.54 Å². The zero-order valence-electron chi connectivity index (χ0n) is 12.1. The van der Waals surface area contributed by atoms with Crippen LogP contribution in [0.1, 0.15) is 25.0 Å².